The summed E-state index contributed by atoms with van der Waals surface area (Å²) >= 11 is -1.89. The Morgan fingerprint density at radius 2 is 2.05 bits per heavy atom. The van der Waals surface area contributed by atoms with Crippen LogP contribution in [0.2, 0.25) is 0 Å². The lowest BCUT2D eigenvalue weighted by atomic mass is 10.1. The molecule has 0 bridgehead atoms. The van der Waals surface area contributed by atoms with E-state index in [0.717, 1.165) is 5.56 Å². The van der Waals surface area contributed by atoms with E-state index in [1.807, 2.05) is 0 Å². The van der Waals surface area contributed by atoms with Gasteiger partial charge in [0.2, 0.25) is 0 Å². The number of carbonyl (C=O) groups is 1. The number of carbonyl (C=O) groups excluding carboxylic acids is 1. The SMILES string of the molecule is COC(=O)c1nc(-c2ccc(CS(=O)O)cc2)cnc1N. The van der Waals surface area contributed by atoms with Gasteiger partial charge in [0.1, 0.15) is 0 Å². The summed E-state index contributed by atoms with van der Waals surface area (Å²) in [6.45, 7) is 0. The lowest BCUT2D eigenvalue weighted by Crippen LogP contribution is -2.10. The molecular formula is C13H13N3O4S. The van der Waals surface area contributed by atoms with Gasteiger partial charge in [0.05, 0.1) is 24.8 Å². The minimum Gasteiger partial charge on any atom is -0.464 e. The van der Waals surface area contributed by atoms with Gasteiger partial charge in [0.15, 0.2) is 22.6 Å². The first-order valence-electron chi connectivity index (χ1n) is 5.89. The molecule has 1 aromatic carbocycles. The highest BCUT2D eigenvalue weighted by Gasteiger charge is 2.14. The van der Waals surface area contributed by atoms with Crippen LogP contribution in [0.4, 0.5) is 5.82 Å². The molecule has 1 atom stereocenters. The van der Waals surface area contributed by atoms with E-state index in [0.29, 0.717) is 11.3 Å². The standard InChI is InChI=1S/C13H13N3O4S/c1-20-13(17)11-12(14)15-6-10(16-11)9-4-2-8(3-5-9)7-21(18)19/h2-6H,7H2,1H3,(H2,14,15)(H,18,19). The molecule has 7 nitrogen and oxygen atoms in total. The number of methoxy groups -OCH3 is 1. The van der Waals surface area contributed by atoms with Crippen molar-refractivity contribution < 1.29 is 18.3 Å². The molecule has 8 heteroatoms. The molecule has 1 aromatic heterocycles. The van der Waals surface area contributed by atoms with Gasteiger partial charge in [-0.25, -0.2) is 19.0 Å². The summed E-state index contributed by atoms with van der Waals surface area (Å²) in [6, 6.07) is 6.87. The van der Waals surface area contributed by atoms with Crippen LogP contribution >= 0.6 is 0 Å². The highest BCUT2D eigenvalue weighted by atomic mass is 32.2. The molecular weight excluding hydrogens is 294 g/mol. The Kier molecular flexibility index (Phi) is 4.61. The van der Waals surface area contributed by atoms with Crippen LogP contribution in [0.5, 0.6) is 0 Å². The van der Waals surface area contributed by atoms with Crippen molar-refractivity contribution in [1.82, 2.24) is 9.97 Å². The Bertz CT molecular complexity index is 688. The zero-order valence-corrected chi connectivity index (χ0v) is 12.0. The van der Waals surface area contributed by atoms with Gasteiger partial charge in [-0.15, -0.1) is 0 Å². The van der Waals surface area contributed by atoms with Crippen molar-refractivity contribution in [2.75, 3.05) is 12.8 Å². The van der Waals surface area contributed by atoms with E-state index in [9.17, 15) is 9.00 Å². The maximum absolute atomic E-state index is 11.5. The molecule has 2 aromatic rings. The van der Waals surface area contributed by atoms with Gasteiger partial charge >= 0.3 is 5.97 Å². The smallest absolute Gasteiger partial charge is 0.360 e. The van der Waals surface area contributed by atoms with Gasteiger partial charge in [-0.1, -0.05) is 24.3 Å². The zero-order chi connectivity index (χ0) is 15.4. The Hall–Kier alpha value is -2.32. The molecule has 0 aliphatic carbocycles. The molecule has 0 saturated carbocycles. The van der Waals surface area contributed by atoms with Crippen LogP contribution in [-0.2, 0) is 21.6 Å². The molecule has 0 fully saturated rings. The van der Waals surface area contributed by atoms with E-state index in [-0.39, 0.29) is 17.3 Å². The van der Waals surface area contributed by atoms with Crippen molar-refractivity contribution in [1.29, 1.82) is 0 Å². The third-order valence-corrected chi connectivity index (χ3v) is 3.30. The number of ether oxygens (including phenoxy) is 1. The molecule has 1 unspecified atom stereocenters. The molecule has 0 spiro atoms. The predicted molar refractivity (Wildman–Crippen MR) is 77.7 cm³/mol. The van der Waals surface area contributed by atoms with Gasteiger partial charge in [-0.05, 0) is 5.56 Å². The summed E-state index contributed by atoms with van der Waals surface area (Å²) < 4.78 is 24.2. The van der Waals surface area contributed by atoms with E-state index in [2.05, 4.69) is 14.7 Å². The van der Waals surface area contributed by atoms with E-state index >= 15 is 0 Å². The Morgan fingerprint density at radius 3 is 2.62 bits per heavy atom. The molecule has 0 aliphatic heterocycles. The molecule has 0 saturated heterocycles. The molecule has 3 N–H and O–H groups in total. The first-order chi connectivity index (χ1) is 10.0. The van der Waals surface area contributed by atoms with Crippen LogP contribution in [-0.4, -0.2) is 31.8 Å². The van der Waals surface area contributed by atoms with Crippen LogP contribution in [0.25, 0.3) is 11.3 Å². The highest BCUT2D eigenvalue weighted by Crippen LogP contribution is 2.19. The van der Waals surface area contributed by atoms with Crippen LogP contribution in [0.3, 0.4) is 0 Å². The summed E-state index contributed by atoms with van der Waals surface area (Å²) in [5, 5.41) is 0. The minimum atomic E-state index is -1.89. The molecule has 110 valence electrons. The first kappa shape index (κ1) is 15.1. The van der Waals surface area contributed by atoms with Crippen molar-refractivity contribution in [3.05, 3.63) is 41.7 Å². The van der Waals surface area contributed by atoms with Crippen molar-refractivity contribution in [3.8, 4) is 11.3 Å². The maximum atomic E-state index is 11.5. The summed E-state index contributed by atoms with van der Waals surface area (Å²) in [7, 11) is 1.24. The van der Waals surface area contributed by atoms with Crippen LogP contribution < -0.4 is 5.73 Å². The van der Waals surface area contributed by atoms with Gasteiger partial charge in [-0.3, -0.25) is 0 Å². The third-order valence-electron chi connectivity index (χ3n) is 2.72. The maximum Gasteiger partial charge on any atom is 0.360 e. The van der Waals surface area contributed by atoms with Gasteiger partial charge < -0.3 is 15.0 Å². The number of hydrogen-bond acceptors (Lipinski definition) is 6. The Balaban J connectivity index is 2.33. The number of aromatic nitrogens is 2. The fourth-order valence-electron chi connectivity index (χ4n) is 1.70. The number of nitrogens with two attached hydrogens (primary N) is 1. The van der Waals surface area contributed by atoms with Crippen molar-refractivity contribution in [2.24, 2.45) is 0 Å². The summed E-state index contributed by atoms with van der Waals surface area (Å²) in [6.07, 6.45) is 1.45. The van der Waals surface area contributed by atoms with Crippen molar-refractivity contribution in [3.63, 3.8) is 0 Å². The van der Waals surface area contributed by atoms with Gasteiger partial charge in [0.25, 0.3) is 0 Å². The first-order valence-corrected chi connectivity index (χ1v) is 7.16. The second-order valence-corrected chi connectivity index (χ2v) is 5.08. The minimum absolute atomic E-state index is 0.00195. The second kappa shape index (κ2) is 6.42. The summed E-state index contributed by atoms with van der Waals surface area (Å²) in [5.74, 6) is -0.603. The molecule has 21 heavy (non-hydrogen) atoms. The Labute approximate surface area is 123 Å². The second-order valence-electron chi connectivity index (χ2n) is 4.14. The topological polar surface area (TPSA) is 115 Å². The summed E-state index contributed by atoms with van der Waals surface area (Å²) in [4.78, 5) is 19.6. The molecule has 0 amide bonds. The number of nitrogen functional groups attached to an aromatic ring is 1. The number of anilines is 1. The fraction of sp³-hybridized carbons (Fsp3) is 0.154. The van der Waals surface area contributed by atoms with Crippen molar-refractivity contribution in [2.45, 2.75) is 5.75 Å². The predicted octanol–water partition coefficient (Wildman–Crippen LogP) is 1.23. The molecule has 2 rings (SSSR count). The number of rotatable bonds is 4. The van der Waals surface area contributed by atoms with E-state index in [4.69, 9.17) is 10.3 Å². The van der Waals surface area contributed by atoms with Crippen LogP contribution in [0.1, 0.15) is 16.1 Å². The average Bonchev–Trinajstić information content (AvgIpc) is 2.47. The fourth-order valence-corrected chi connectivity index (χ4v) is 2.18. The number of esters is 1. The quantitative estimate of drug-likeness (QED) is 0.644. The van der Waals surface area contributed by atoms with Gasteiger partial charge in [0, 0.05) is 5.56 Å². The average molecular weight is 307 g/mol. The monoisotopic (exact) mass is 307 g/mol. The van der Waals surface area contributed by atoms with E-state index in [1.165, 1.54) is 13.3 Å². The lowest BCUT2D eigenvalue weighted by Gasteiger charge is -2.06. The zero-order valence-electron chi connectivity index (χ0n) is 11.1. The largest absolute Gasteiger partial charge is 0.464 e. The number of nitrogens with zero attached hydrogens (tertiary/aromatic N) is 2. The normalized spacial score (nSPS) is 11.9. The third kappa shape index (κ3) is 3.61. The number of benzene rings is 1. The molecule has 1 heterocycles. The Morgan fingerprint density at radius 1 is 1.38 bits per heavy atom. The number of hydrogen-bond donors (Lipinski definition) is 2. The highest BCUT2D eigenvalue weighted by molar-refractivity contribution is 7.78. The van der Waals surface area contributed by atoms with E-state index in [1.54, 1.807) is 24.3 Å². The van der Waals surface area contributed by atoms with Gasteiger partial charge in [-0.2, -0.15) is 0 Å². The lowest BCUT2D eigenvalue weighted by molar-refractivity contribution is 0.0595. The van der Waals surface area contributed by atoms with Crippen LogP contribution in [0.15, 0.2) is 30.5 Å². The van der Waals surface area contributed by atoms with E-state index < -0.39 is 17.0 Å². The van der Waals surface area contributed by atoms with Crippen molar-refractivity contribution >= 4 is 22.9 Å². The summed E-state index contributed by atoms with van der Waals surface area (Å²) in [5.41, 5.74) is 7.43. The molecule has 0 radical (unpaired) electrons. The van der Waals surface area contributed by atoms with Crippen LogP contribution in [0, 0.1) is 0 Å². The molecule has 0 aliphatic rings.